The number of carbonyl (C=O) groups is 1. The standard InChI is InChI=1S/C20H19N3O/c1-14-8-9-18(23-20(24)16-6-4-3-5-7-16)12-17(14)13-19-21-11-10-15(2)22-19/h3-12H,13H2,1-2H3,(H,23,24). The molecule has 24 heavy (non-hydrogen) atoms. The van der Waals surface area contributed by atoms with Gasteiger partial charge in [0.25, 0.3) is 5.91 Å². The first-order chi connectivity index (χ1) is 11.6. The molecule has 2 aromatic carbocycles. The third kappa shape index (κ3) is 3.84. The van der Waals surface area contributed by atoms with Gasteiger partial charge >= 0.3 is 0 Å². The highest BCUT2D eigenvalue weighted by Gasteiger charge is 2.08. The van der Waals surface area contributed by atoms with E-state index in [1.165, 1.54) is 0 Å². The van der Waals surface area contributed by atoms with Crippen LogP contribution in [0.25, 0.3) is 0 Å². The smallest absolute Gasteiger partial charge is 0.255 e. The molecule has 3 aromatic rings. The minimum absolute atomic E-state index is 0.114. The van der Waals surface area contributed by atoms with Gasteiger partial charge in [0.15, 0.2) is 0 Å². The number of hydrogen-bond donors (Lipinski definition) is 1. The number of anilines is 1. The third-order valence-corrected chi connectivity index (χ3v) is 3.84. The normalized spacial score (nSPS) is 10.4. The van der Waals surface area contributed by atoms with Crippen molar-refractivity contribution < 1.29 is 4.79 Å². The van der Waals surface area contributed by atoms with Crippen molar-refractivity contribution in [1.29, 1.82) is 0 Å². The molecule has 0 aliphatic rings. The summed E-state index contributed by atoms with van der Waals surface area (Å²) in [5.41, 5.74) is 4.62. The summed E-state index contributed by atoms with van der Waals surface area (Å²) in [7, 11) is 0. The molecule has 0 bridgehead atoms. The average Bonchev–Trinajstić information content (AvgIpc) is 2.59. The molecule has 0 radical (unpaired) electrons. The molecule has 0 aliphatic heterocycles. The van der Waals surface area contributed by atoms with Crippen molar-refractivity contribution in [3.05, 3.63) is 89.0 Å². The Morgan fingerprint density at radius 3 is 2.58 bits per heavy atom. The monoisotopic (exact) mass is 317 g/mol. The van der Waals surface area contributed by atoms with Crippen molar-refractivity contribution in [3.63, 3.8) is 0 Å². The fraction of sp³-hybridized carbons (Fsp3) is 0.150. The van der Waals surface area contributed by atoms with E-state index in [4.69, 9.17) is 0 Å². The maximum Gasteiger partial charge on any atom is 0.255 e. The minimum Gasteiger partial charge on any atom is -0.322 e. The van der Waals surface area contributed by atoms with Crippen molar-refractivity contribution in [2.24, 2.45) is 0 Å². The van der Waals surface area contributed by atoms with Gasteiger partial charge in [-0.25, -0.2) is 9.97 Å². The quantitative estimate of drug-likeness (QED) is 0.793. The number of rotatable bonds is 4. The summed E-state index contributed by atoms with van der Waals surface area (Å²) >= 11 is 0. The van der Waals surface area contributed by atoms with Crippen LogP contribution >= 0.6 is 0 Å². The zero-order chi connectivity index (χ0) is 16.9. The van der Waals surface area contributed by atoms with E-state index in [1.54, 1.807) is 18.3 Å². The number of amides is 1. The van der Waals surface area contributed by atoms with Gasteiger partial charge in [-0.05, 0) is 55.3 Å². The Kier molecular flexibility index (Phi) is 4.66. The van der Waals surface area contributed by atoms with E-state index in [9.17, 15) is 4.79 Å². The van der Waals surface area contributed by atoms with Crippen molar-refractivity contribution in [3.8, 4) is 0 Å². The number of aryl methyl sites for hydroxylation is 2. The van der Waals surface area contributed by atoms with Gasteiger partial charge < -0.3 is 5.32 Å². The number of hydrogen-bond acceptors (Lipinski definition) is 3. The number of aromatic nitrogens is 2. The van der Waals surface area contributed by atoms with Gasteiger partial charge in [0.2, 0.25) is 0 Å². The first-order valence-corrected chi connectivity index (χ1v) is 7.86. The largest absolute Gasteiger partial charge is 0.322 e. The zero-order valence-corrected chi connectivity index (χ0v) is 13.8. The van der Waals surface area contributed by atoms with Crippen molar-refractivity contribution in [2.75, 3.05) is 5.32 Å². The molecule has 0 fully saturated rings. The molecule has 120 valence electrons. The lowest BCUT2D eigenvalue weighted by Gasteiger charge is -2.10. The number of carbonyl (C=O) groups excluding carboxylic acids is 1. The van der Waals surface area contributed by atoms with Gasteiger partial charge in [0, 0.05) is 29.6 Å². The molecular formula is C20H19N3O. The van der Waals surface area contributed by atoms with Gasteiger partial charge in [-0.2, -0.15) is 0 Å². The van der Waals surface area contributed by atoms with Gasteiger partial charge in [-0.15, -0.1) is 0 Å². The Bertz CT molecular complexity index is 860. The molecule has 0 atom stereocenters. The number of nitrogens with zero attached hydrogens (tertiary/aromatic N) is 2. The van der Waals surface area contributed by atoms with Crippen molar-refractivity contribution in [1.82, 2.24) is 9.97 Å². The molecule has 0 unspecified atom stereocenters. The highest BCUT2D eigenvalue weighted by atomic mass is 16.1. The topological polar surface area (TPSA) is 54.9 Å². The number of benzene rings is 2. The van der Waals surface area contributed by atoms with Crippen LogP contribution in [0.4, 0.5) is 5.69 Å². The molecule has 3 rings (SSSR count). The fourth-order valence-corrected chi connectivity index (χ4v) is 2.49. The van der Waals surface area contributed by atoms with Crippen molar-refractivity contribution >= 4 is 11.6 Å². The van der Waals surface area contributed by atoms with Crippen LogP contribution in [0.3, 0.4) is 0 Å². The predicted octanol–water partition coefficient (Wildman–Crippen LogP) is 3.94. The van der Waals surface area contributed by atoms with Gasteiger partial charge in [0.1, 0.15) is 5.82 Å². The molecule has 0 spiro atoms. The third-order valence-electron chi connectivity index (χ3n) is 3.84. The van der Waals surface area contributed by atoms with Crippen molar-refractivity contribution in [2.45, 2.75) is 20.3 Å². The Hall–Kier alpha value is -3.01. The van der Waals surface area contributed by atoms with E-state index in [0.29, 0.717) is 12.0 Å². The Labute approximate surface area is 141 Å². The maximum atomic E-state index is 12.3. The molecule has 1 heterocycles. The van der Waals surface area contributed by atoms with Gasteiger partial charge in [-0.3, -0.25) is 4.79 Å². The second-order valence-electron chi connectivity index (χ2n) is 5.75. The molecule has 1 aromatic heterocycles. The second-order valence-corrected chi connectivity index (χ2v) is 5.75. The van der Waals surface area contributed by atoms with Crippen LogP contribution in [0.5, 0.6) is 0 Å². The van der Waals surface area contributed by atoms with Crippen LogP contribution in [-0.2, 0) is 6.42 Å². The van der Waals surface area contributed by atoms with E-state index in [2.05, 4.69) is 15.3 Å². The predicted molar refractivity (Wildman–Crippen MR) is 95.1 cm³/mol. The minimum atomic E-state index is -0.114. The summed E-state index contributed by atoms with van der Waals surface area (Å²) in [5, 5.41) is 2.94. The Balaban J connectivity index is 1.80. The number of nitrogens with one attached hydrogen (secondary N) is 1. The van der Waals surface area contributed by atoms with Crippen LogP contribution < -0.4 is 5.32 Å². The fourth-order valence-electron chi connectivity index (χ4n) is 2.49. The highest BCUT2D eigenvalue weighted by Crippen LogP contribution is 2.18. The van der Waals surface area contributed by atoms with Crippen LogP contribution in [0.1, 0.15) is 33.0 Å². The lowest BCUT2D eigenvalue weighted by Crippen LogP contribution is -2.12. The van der Waals surface area contributed by atoms with Gasteiger partial charge in [0.05, 0.1) is 0 Å². The summed E-state index contributed by atoms with van der Waals surface area (Å²) in [5.74, 6) is 0.668. The Morgan fingerprint density at radius 1 is 1.04 bits per heavy atom. The molecule has 1 amide bonds. The average molecular weight is 317 g/mol. The zero-order valence-electron chi connectivity index (χ0n) is 13.8. The summed E-state index contributed by atoms with van der Waals surface area (Å²) < 4.78 is 0. The molecular weight excluding hydrogens is 298 g/mol. The molecule has 0 saturated heterocycles. The summed E-state index contributed by atoms with van der Waals surface area (Å²) in [6.07, 6.45) is 2.41. The molecule has 4 heteroatoms. The molecule has 4 nitrogen and oxygen atoms in total. The SMILES string of the molecule is Cc1ccnc(Cc2cc(NC(=O)c3ccccc3)ccc2C)n1. The molecule has 0 saturated carbocycles. The second kappa shape index (κ2) is 7.04. The first-order valence-electron chi connectivity index (χ1n) is 7.86. The van der Waals surface area contributed by atoms with Crippen LogP contribution in [0, 0.1) is 13.8 Å². The molecule has 1 N–H and O–H groups in total. The van der Waals surface area contributed by atoms with Crippen LogP contribution in [-0.4, -0.2) is 15.9 Å². The van der Waals surface area contributed by atoms with E-state index < -0.39 is 0 Å². The lowest BCUT2D eigenvalue weighted by atomic mass is 10.0. The summed E-state index contributed by atoms with van der Waals surface area (Å²) in [6, 6.07) is 17.0. The lowest BCUT2D eigenvalue weighted by molar-refractivity contribution is 0.102. The van der Waals surface area contributed by atoms with E-state index in [0.717, 1.165) is 28.3 Å². The van der Waals surface area contributed by atoms with E-state index in [-0.39, 0.29) is 5.91 Å². The molecule has 0 aliphatic carbocycles. The van der Waals surface area contributed by atoms with Crippen LogP contribution in [0.15, 0.2) is 60.8 Å². The maximum absolute atomic E-state index is 12.3. The summed E-state index contributed by atoms with van der Waals surface area (Å²) in [4.78, 5) is 21.0. The summed E-state index contributed by atoms with van der Waals surface area (Å²) in [6.45, 7) is 4.00. The Morgan fingerprint density at radius 2 is 1.83 bits per heavy atom. The van der Waals surface area contributed by atoms with Crippen LogP contribution in [0.2, 0.25) is 0 Å². The van der Waals surface area contributed by atoms with E-state index >= 15 is 0 Å². The highest BCUT2D eigenvalue weighted by molar-refractivity contribution is 6.04. The first kappa shape index (κ1) is 15.9. The van der Waals surface area contributed by atoms with E-state index in [1.807, 2.05) is 56.3 Å². The van der Waals surface area contributed by atoms with Gasteiger partial charge in [-0.1, -0.05) is 24.3 Å².